The average molecular weight is 351 g/mol. The number of halogens is 1. The van der Waals surface area contributed by atoms with Crippen molar-refractivity contribution in [3.63, 3.8) is 0 Å². The van der Waals surface area contributed by atoms with Crippen molar-refractivity contribution >= 4 is 15.9 Å². The van der Waals surface area contributed by atoms with E-state index < -0.39 is 0 Å². The maximum atomic E-state index is 6.35. The van der Waals surface area contributed by atoms with Crippen LogP contribution in [0.25, 0.3) is 0 Å². The van der Waals surface area contributed by atoms with Gasteiger partial charge in [-0.15, -0.1) is 0 Å². The number of nitrogens with two attached hydrogens (primary N) is 1. The van der Waals surface area contributed by atoms with Gasteiger partial charge in [-0.05, 0) is 31.2 Å². The second-order valence-electron chi connectivity index (χ2n) is 5.51. The summed E-state index contributed by atoms with van der Waals surface area (Å²) in [6.45, 7) is 2.99. The molecule has 2 N–H and O–H groups in total. The predicted octanol–water partition coefficient (Wildman–Crippen LogP) is 3.09. The topological polar surface area (TPSA) is 47.1 Å². The van der Waals surface area contributed by atoms with Gasteiger partial charge in [0.2, 0.25) is 0 Å². The fraction of sp³-hybridized carbons (Fsp3) is 0.438. The maximum absolute atomic E-state index is 6.35. The van der Waals surface area contributed by atoms with Crippen molar-refractivity contribution < 1.29 is 0 Å². The van der Waals surface area contributed by atoms with Gasteiger partial charge in [0.25, 0.3) is 0 Å². The summed E-state index contributed by atoms with van der Waals surface area (Å²) >= 11 is 3.47. The summed E-state index contributed by atoms with van der Waals surface area (Å²) in [7, 11) is 4.06. The van der Waals surface area contributed by atoms with Crippen LogP contribution in [0.15, 0.2) is 41.1 Å². The highest BCUT2D eigenvalue weighted by atomic mass is 79.9. The van der Waals surface area contributed by atoms with Gasteiger partial charge in [-0.3, -0.25) is 9.58 Å². The standard InChI is InChI=1S/C16H23BrN4/c1-4-15(18)16(13-9-19-21(3)11-13)20(2)10-12-5-7-14(17)8-6-12/h5-9,11,15-16H,4,10,18H2,1-3H3. The second-order valence-corrected chi connectivity index (χ2v) is 6.42. The zero-order valence-corrected chi connectivity index (χ0v) is 14.4. The maximum Gasteiger partial charge on any atom is 0.0538 e. The lowest BCUT2D eigenvalue weighted by Gasteiger charge is -2.31. The van der Waals surface area contributed by atoms with Crippen molar-refractivity contribution in [1.29, 1.82) is 0 Å². The molecule has 0 aliphatic rings. The minimum Gasteiger partial charge on any atom is -0.326 e. The molecule has 1 aromatic heterocycles. The van der Waals surface area contributed by atoms with Crippen LogP contribution in [-0.4, -0.2) is 27.8 Å². The fourth-order valence-electron chi connectivity index (χ4n) is 2.62. The van der Waals surface area contributed by atoms with Gasteiger partial charge < -0.3 is 5.73 Å². The van der Waals surface area contributed by atoms with E-state index in [0.29, 0.717) is 0 Å². The monoisotopic (exact) mass is 350 g/mol. The molecule has 0 fully saturated rings. The van der Waals surface area contributed by atoms with Crippen LogP contribution in [0, 0.1) is 0 Å². The minimum atomic E-state index is 0.0923. The molecule has 0 bridgehead atoms. The molecule has 2 aromatic rings. The molecule has 4 nitrogen and oxygen atoms in total. The third-order valence-corrected chi connectivity index (χ3v) is 4.29. The predicted molar refractivity (Wildman–Crippen MR) is 89.8 cm³/mol. The quantitative estimate of drug-likeness (QED) is 0.870. The third kappa shape index (κ3) is 4.15. The lowest BCUT2D eigenvalue weighted by Crippen LogP contribution is -2.38. The Morgan fingerprint density at radius 1 is 1.33 bits per heavy atom. The summed E-state index contributed by atoms with van der Waals surface area (Å²) in [6, 6.07) is 8.68. The molecule has 0 aliphatic carbocycles. The Morgan fingerprint density at radius 3 is 2.52 bits per heavy atom. The molecule has 114 valence electrons. The number of rotatable bonds is 6. The van der Waals surface area contributed by atoms with Gasteiger partial charge in [-0.2, -0.15) is 5.10 Å². The highest BCUT2D eigenvalue weighted by Crippen LogP contribution is 2.25. The van der Waals surface area contributed by atoms with Crippen LogP contribution in [0.4, 0.5) is 0 Å². The van der Waals surface area contributed by atoms with E-state index in [-0.39, 0.29) is 12.1 Å². The Kier molecular flexibility index (Phi) is 5.56. The molecule has 2 unspecified atom stereocenters. The SMILES string of the molecule is CCC(N)C(c1cnn(C)c1)N(C)Cc1ccc(Br)cc1. The van der Waals surface area contributed by atoms with Gasteiger partial charge in [-0.1, -0.05) is 35.0 Å². The van der Waals surface area contributed by atoms with Crippen LogP contribution in [0.3, 0.4) is 0 Å². The van der Waals surface area contributed by atoms with Crippen molar-refractivity contribution in [1.82, 2.24) is 14.7 Å². The van der Waals surface area contributed by atoms with Crippen LogP contribution in [0.5, 0.6) is 0 Å². The molecule has 0 spiro atoms. The molecule has 21 heavy (non-hydrogen) atoms. The number of benzene rings is 1. The first-order valence-electron chi connectivity index (χ1n) is 7.20. The molecule has 2 rings (SSSR count). The molecule has 0 radical (unpaired) electrons. The molecule has 0 saturated heterocycles. The van der Waals surface area contributed by atoms with Crippen molar-refractivity contribution in [2.45, 2.75) is 32.0 Å². The Balaban J connectivity index is 2.18. The van der Waals surface area contributed by atoms with Gasteiger partial charge in [0, 0.05) is 35.9 Å². The van der Waals surface area contributed by atoms with E-state index in [2.05, 4.69) is 70.4 Å². The van der Waals surface area contributed by atoms with E-state index in [1.807, 2.05) is 17.9 Å². The number of aromatic nitrogens is 2. The summed E-state index contributed by atoms with van der Waals surface area (Å²) < 4.78 is 2.93. The van der Waals surface area contributed by atoms with Gasteiger partial charge >= 0.3 is 0 Å². The minimum absolute atomic E-state index is 0.0923. The van der Waals surface area contributed by atoms with E-state index >= 15 is 0 Å². The van der Waals surface area contributed by atoms with Crippen molar-refractivity contribution in [2.24, 2.45) is 12.8 Å². The molecule has 0 aliphatic heterocycles. The molecule has 1 aromatic carbocycles. The average Bonchev–Trinajstić information content (AvgIpc) is 2.87. The number of nitrogens with zero attached hydrogens (tertiary/aromatic N) is 3. The van der Waals surface area contributed by atoms with E-state index in [1.165, 1.54) is 11.1 Å². The molecule has 5 heteroatoms. The summed E-state index contributed by atoms with van der Waals surface area (Å²) in [6.07, 6.45) is 4.90. The molecule has 0 amide bonds. The van der Waals surface area contributed by atoms with Crippen molar-refractivity contribution in [3.05, 3.63) is 52.3 Å². The molecule has 2 atom stereocenters. The lowest BCUT2D eigenvalue weighted by atomic mass is 9.99. The number of aryl methyl sites for hydroxylation is 1. The second kappa shape index (κ2) is 7.20. The van der Waals surface area contributed by atoms with Crippen molar-refractivity contribution in [3.8, 4) is 0 Å². The zero-order valence-electron chi connectivity index (χ0n) is 12.8. The van der Waals surface area contributed by atoms with Crippen LogP contribution in [0.2, 0.25) is 0 Å². The van der Waals surface area contributed by atoms with E-state index in [4.69, 9.17) is 5.73 Å². The summed E-state index contributed by atoms with van der Waals surface area (Å²) in [5, 5.41) is 4.28. The van der Waals surface area contributed by atoms with Crippen LogP contribution >= 0.6 is 15.9 Å². The van der Waals surface area contributed by atoms with Gasteiger partial charge in [0.1, 0.15) is 0 Å². The summed E-state index contributed by atoms with van der Waals surface area (Å²) in [5.41, 5.74) is 8.80. The van der Waals surface area contributed by atoms with Gasteiger partial charge in [-0.25, -0.2) is 0 Å². The first-order chi connectivity index (χ1) is 10.0. The zero-order chi connectivity index (χ0) is 15.4. The molecule has 1 heterocycles. The van der Waals surface area contributed by atoms with Gasteiger partial charge in [0.05, 0.1) is 12.2 Å². The van der Waals surface area contributed by atoms with Crippen LogP contribution in [-0.2, 0) is 13.6 Å². The first-order valence-corrected chi connectivity index (χ1v) is 7.99. The highest BCUT2D eigenvalue weighted by molar-refractivity contribution is 9.10. The Labute approximate surface area is 135 Å². The molecule has 0 saturated carbocycles. The number of likely N-dealkylation sites (N-methyl/N-ethyl adjacent to an activating group) is 1. The van der Waals surface area contributed by atoms with E-state index in [9.17, 15) is 0 Å². The third-order valence-electron chi connectivity index (χ3n) is 3.76. The highest BCUT2D eigenvalue weighted by Gasteiger charge is 2.24. The Hall–Kier alpha value is -1.17. The Bertz CT molecular complexity index is 564. The normalized spacial score (nSPS) is 14.4. The lowest BCUT2D eigenvalue weighted by molar-refractivity contribution is 0.201. The van der Waals surface area contributed by atoms with Crippen LogP contribution in [0.1, 0.15) is 30.5 Å². The molecular formula is C16H23BrN4. The largest absolute Gasteiger partial charge is 0.326 e. The first kappa shape index (κ1) is 16.2. The van der Waals surface area contributed by atoms with Crippen LogP contribution < -0.4 is 5.73 Å². The smallest absolute Gasteiger partial charge is 0.0538 e. The van der Waals surface area contributed by atoms with Crippen molar-refractivity contribution in [2.75, 3.05) is 7.05 Å². The van der Waals surface area contributed by atoms with E-state index in [0.717, 1.165) is 17.4 Å². The van der Waals surface area contributed by atoms with Gasteiger partial charge in [0.15, 0.2) is 0 Å². The number of hydrogen-bond acceptors (Lipinski definition) is 3. The van der Waals surface area contributed by atoms with E-state index in [1.54, 1.807) is 0 Å². The Morgan fingerprint density at radius 2 is 2.00 bits per heavy atom. The summed E-state index contributed by atoms with van der Waals surface area (Å²) in [5.74, 6) is 0. The molecular weight excluding hydrogens is 328 g/mol. The number of hydrogen-bond donors (Lipinski definition) is 1. The fourth-order valence-corrected chi connectivity index (χ4v) is 2.89. The summed E-state index contributed by atoms with van der Waals surface area (Å²) in [4.78, 5) is 2.30.